The molecule has 1 aromatic rings. The summed E-state index contributed by atoms with van der Waals surface area (Å²) in [7, 11) is 0. The molecule has 2 rings (SSSR count). The predicted octanol–water partition coefficient (Wildman–Crippen LogP) is 0.624. The molecular formula is C10H15N3. The molecule has 0 amide bonds. The van der Waals surface area contributed by atoms with Crippen molar-refractivity contribution in [3.8, 4) is 0 Å². The molecule has 0 spiro atoms. The van der Waals surface area contributed by atoms with Crippen LogP contribution in [0.4, 0.5) is 0 Å². The van der Waals surface area contributed by atoms with E-state index in [-0.39, 0.29) is 0 Å². The van der Waals surface area contributed by atoms with Gasteiger partial charge in [0.15, 0.2) is 0 Å². The second-order valence-corrected chi connectivity index (χ2v) is 3.47. The quantitative estimate of drug-likeness (QED) is 0.660. The summed E-state index contributed by atoms with van der Waals surface area (Å²) in [6, 6.07) is 4.55. The molecule has 0 aromatic carbocycles. The second kappa shape index (κ2) is 3.85. The Hall–Kier alpha value is -0.930. The lowest BCUT2D eigenvalue weighted by molar-refractivity contribution is 0.423. The number of aromatic nitrogens is 1. The van der Waals surface area contributed by atoms with Crippen molar-refractivity contribution in [2.45, 2.75) is 13.0 Å². The van der Waals surface area contributed by atoms with Crippen molar-refractivity contribution >= 4 is 0 Å². The van der Waals surface area contributed by atoms with Crippen LogP contribution in [-0.4, -0.2) is 24.6 Å². The zero-order valence-electron chi connectivity index (χ0n) is 7.88. The summed E-state index contributed by atoms with van der Waals surface area (Å²) in [4.78, 5) is 4.36. The first-order valence-corrected chi connectivity index (χ1v) is 4.73. The van der Waals surface area contributed by atoms with Gasteiger partial charge in [-0.15, -0.1) is 0 Å². The molecule has 3 heteroatoms. The number of rotatable bonds is 1. The summed E-state index contributed by atoms with van der Waals surface area (Å²) in [6.07, 6.45) is 1.88. The Bertz CT molecular complexity index is 279. The summed E-state index contributed by atoms with van der Waals surface area (Å²) in [6.45, 7) is 5.17. The first-order chi connectivity index (χ1) is 6.36. The third kappa shape index (κ3) is 2.05. The summed E-state index contributed by atoms with van der Waals surface area (Å²) in [5.74, 6) is 0. The number of nitrogens with zero attached hydrogens (tertiary/aromatic N) is 1. The Morgan fingerprint density at radius 3 is 3.08 bits per heavy atom. The molecule has 1 aromatic heterocycles. The molecule has 1 atom stereocenters. The third-order valence-corrected chi connectivity index (χ3v) is 2.33. The molecule has 1 aliphatic rings. The Morgan fingerprint density at radius 2 is 2.38 bits per heavy atom. The predicted molar refractivity (Wildman–Crippen MR) is 52.6 cm³/mol. The maximum atomic E-state index is 4.36. The largest absolute Gasteiger partial charge is 0.314 e. The van der Waals surface area contributed by atoms with Crippen LogP contribution in [0.1, 0.15) is 17.3 Å². The smallest absolute Gasteiger partial charge is 0.0622 e. The van der Waals surface area contributed by atoms with Gasteiger partial charge in [-0.2, -0.15) is 0 Å². The monoisotopic (exact) mass is 177 g/mol. The van der Waals surface area contributed by atoms with E-state index in [9.17, 15) is 0 Å². The Balaban J connectivity index is 2.14. The molecule has 0 unspecified atom stereocenters. The van der Waals surface area contributed by atoms with Gasteiger partial charge in [0.1, 0.15) is 0 Å². The van der Waals surface area contributed by atoms with Crippen molar-refractivity contribution in [1.82, 2.24) is 15.6 Å². The average Bonchev–Trinajstić information content (AvgIpc) is 2.19. The molecule has 70 valence electrons. The van der Waals surface area contributed by atoms with Gasteiger partial charge in [0, 0.05) is 25.8 Å². The van der Waals surface area contributed by atoms with Crippen molar-refractivity contribution in [2.24, 2.45) is 0 Å². The van der Waals surface area contributed by atoms with Crippen molar-refractivity contribution < 1.29 is 0 Å². The van der Waals surface area contributed by atoms with E-state index in [0.29, 0.717) is 6.04 Å². The van der Waals surface area contributed by atoms with Crippen LogP contribution < -0.4 is 10.6 Å². The third-order valence-electron chi connectivity index (χ3n) is 2.33. The minimum absolute atomic E-state index is 0.383. The molecule has 0 saturated carbocycles. The molecule has 0 aliphatic carbocycles. The zero-order valence-corrected chi connectivity index (χ0v) is 7.88. The number of aryl methyl sites for hydroxylation is 1. The summed E-state index contributed by atoms with van der Waals surface area (Å²) < 4.78 is 0. The van der Waals surface area contributed by atoms with Crippen molar-refractivity contribution in [2.75, 3.05) is 19.6 Å². The summed E-state index contributed by atoms with van der Waals surface area (Å²) in [5, 5.41) is 6.79. The molecule has 2 heterocycles. The van der Waals surface area contributed by atoms with Gasteiger partial charge in [0.2, 0.25) is 0 Å². The lowest BCUT2D eigenvalue weighted by atomic mass is 10.1. The van der Waals surface area contributed by atoms with Gasteiger partial charge < -0.3 is 10.6 Å². The van der Waals surface area contributed by atoms with E-state index in [1.54, 1.807) is 0 Å². The Morgan fingerprint density at radius 1 is 1.46 bits per heavy atom. The van der Waals surface area contributed by atoms with Crippen LogP contribution in [-0.2, 0) is 0 Å². The van der Waals surface area contributed by atoms with Gasteiger partial charge in [0.05, 0.1) is 11.7 Å². The van der Waals surface area contributed by atoms with E-state index in [1.165, 1.54) is 5.56 Å². The van der Waals surface area contributed by atoms with E-state index >= 15 is 0 Å². The van der Waals surface area contributed by atoms with Crippen molar-refractivity contribution in [1.29, 1.82) is 0 Å². The maximum absolute atomic E-state index is 4.36. The normalized spacial score (nSPS) is 23.0. The second-order valence-electron chi connectivity index (χ2n) is 3.47. The maximum Gasteiger partial charge on any atom is 0.0622 e. The molecule has 3 nitrogen and oxygen atoms in total. The van der Waals surface area contributed by atoms with Crippen LogP contribution in [0.2, 0.25) is 0 Å². The van der Waals surface area contributed by atoms with Crippen LogP contribution in [0, 0.1) is 6.92 Å². The van der Waals surface area contributed by atoms with Crippen LogP contribution in [0.3, 0.4) is 0 Å². The highest BCUT2D eigenvalue weighted by Crippen LogP contribution is 2.11. The Kier molecular flexibility index (Phi) is 2.57. The van der Waals surface area contributed by atoms with Crippen molar-refractivity contribution in [3.05, 3.63) is 29.6 Å². The van der Waals surface area contributed by atoms with E-state index in [2.05, 4.69) is 28.6 Å². The number of hydrogen-bond donors (Lipinski definition) is 2. The molecule has 1 aliphatic heterocycles. The van der Waals surface area contributed by atoms with Gasteiger partial charge >= 0.3 is 0 Å². The molecule has 1 saturated heterocycles. The fourth-order valence-corrected chi connectivity index (χ4v) is 1.61. The first-order valence-electron chi connectivity index (χ1n) is 4.73. The Labute approximate surface area is 78.6 Å². The minimum Gasteiger partial charge on any atom is -0.314 e. The molecule has 2 N–H and O–H groups in total. The highest BCUT2D eigenvalue weighted by atomic mass is 15.1. The van der Waals surface area contributed by atoms with Crippen LogP contribution in [0.25, 0.3) is 0 Å². The molecule has 1 fully saturated rings. The number of pyridine rings is 1. The number of piperazine rings is 1. The summed E-state index contributed by atoms with van der Waals surface area (Å²) >= 11 is 0. The number of hydrogen-bond acceptors (Lipinski definition) is 3. The van der Waals surface area contributed by atoms with Gasteiger partial charge in [-0.1, -0.05) is 0 Å². The van der Waals surface area contributed by atoms with E-state index in [0.717, 1.165) is 25.3 Å². The zero-order chi connectivity index (χ0) is 9.10. The van der Waals surface area contributed by atoms with Crippen LogP contribution in [0.5, 0.6) is 0 Å². The van der Waals surface area contributed by atoms with E-state index < -0.39 is 0 Å². The molecule has 0 bridgehead atoms. The van der Waals surface area contributed by atoms with Crippen LogP contribution >= 0.6 is 0 Å². The molecule has 0 radical (unpaired) electrons. The highest BCUT2D eigenvalue weighted by Gasteiger charge is 2.14. The van der Waals surface area contributed by atoms with Gasteiger partial charge in [-0.05, 0) is 24.6 Å². The average molecular weight is 177 g/mol. The van der Waals surface area contributed by atoms with Gasteiger partial charge in [-0.25, -0.2) is 0 Å². The fourth-order valence-electron chi connectivity index (χ4n) is 1.61. The molecular weight excluding hydrogens is 162 g/mol. The molecule has 13 heavy (non-hydrogen) atoms. The SMILES string of the molecule is Cc1ccnc([C@@H]2CNCCN2)c1. The fraction of sp³-hybridized carbons (Fsp3) is 0.500. The number of nitrogens with one attached hydrogen (secondary N) is 2. The summed E-state index contributed by atoms with van der Waals surface area (Å²) in [5.41, 5.74) is 2.42. The first kappa shape index (κ1) is 8.66. The highest BCUT2D eigenvalue weighted by molar-refractivity contribution is 5.17. The van der Waals surface area contributed by atoms with E-state index in [1.807, 2.05) is 12.3 Å². The van der Waals surface area contributed by atoms with Crippen LogP contribution in [0.15, 0.2) is 18.3 Å². The van der Waals surface area contributed by atoms with Crippen molar-refractivity contribution in [3.63, 3.8) is 0 Å². The van der Waals surface area contributed by atoms with E-state index in [4.69, 9.17) is 0 Å². The topological polar surface area (TPSA) is 37.0 Å². The standard InChI is InChI=1S/C10H15N3/c1-8-2-3-12-9(6-8)10-7-11-4-5-13-10/h2-3,6,10-11,13H,4-5,7H2,1H3/t10-/m0/s1. The van der Waals surface area contributed by atoms with Gasteiger partial charge in [0.25, 0.3) is 0 Å². The lowest BCUT2D eigenvalue weighted by Gasteiger charge is -2.24. The lowest BCUT2D eigenvalue weighted by Crippen LogP contribution is -2.42. The van der Waals surface area contributed by atoms with Gasteiger partial charge in [-0.3, -0.25) is 4.98 Å². The minimum atomic E-state index is 0.383.